The number of halogens is 1. The third-order valence-corrected chi connectivity index (χ3v) is 2.69. The second-order valence-corrected chi connectivity index (χ2v) is 4.98. The van der Waals surface area contributed by atoms with Crippen molar-refractivity contribution < 1.29 is 4.74 Å². The van der Waals surface area contributed by atoms with Crippen LogP contribution in [0.5, 0.6) is 5.75 Å². The lowest BCUT2D eigenvalue weighted by Gasteiger charge is -2.13. The van der Waals surface area contributed by atoms with Crippen LogP contribution in [0.1, 0.15) is 32.4 Å². The molecule has 2 nitrogen and oxygen atoms in total. The van der Waals surface area contributed by atoms with Crippen molar-refractivity contribution >= 4 is 15.9 Å². The van der Waals surface area contributed by atoms with Gasteiger partial charge in [0.1, 0.15) is 12.4 Å². The second-order valence-electron chi connectivity index (χ2n) is 4.06. The summed E-state index contributed by atoms with van der Waals surface area (Å²) in [7, 11) is 0. The molecule has 1 atom stereocenters. The molecule has 1 unspecified atom stereocenters. The van der Waals surface area contributed by atoms with E-state index >= 15 is 0 Å². The first-order chi connectivity index (χ1) is 7.50. The highest BCUT2D eigenvalue weighted by atomic mass is 79.9. The predicted octanol–water partition coefficient (Wildman–Crippen LogP) is 3.81. The van der Waals surface area contributed by atoms with Crippen LogP contribution in [0.2, 0.25) is 0 Å². The Labute approximate surface area is 106 Å². The van der Waals surface area contributed by atoms with Gasteiger partial charge in [-0.3, -0.25) is 0 Å². The van der Waals surface area contributed by atoms with Crippen molar-refractivity contribution in [2.75, 3.05) is 6.61 Å². The molecule has 1 rings (SSSR count). The number of nitrogens with two attached hydrogens (primary N) is 1. The van der Waals surface area contributed by atoms with E-state index in [0.717, 1.165) is 15.8 Å². The Morgan fingerprint density at radius 2 is 2.19 bits per heavy atom. The number of benzene rings is 1. The van der Waals surface area contributed by atoms with E-state index in [0.29, 0.717) is 6.61 Å². The summed E-state index contributed by atoms with van der Waals surface area (Å²) in [6, 6.07) is 5.88. The van der Waals surface area contributed by atoms with Crippen LogP contribution < -0.4 is 10.5 Å². The van der Waals surface area contributed by atoms with Crippen LogP contribution in [0.15, 0.2) is 34.3 Å². The van der Waals surface area contributed by atoms with Crippen LogP contribution in [-0.4, -0.2) is 6.61 Å². The summed E-state index contributed by atoms with van der Waals surface area (Å²) in [6.45, 7) is 6.65. The lowest BCUT2D eigenvalue weighted by atomic mass is 10.1. The molecular formula is C13H18BrNO. The van der Waals surface area contributed by atoms with E-state index in [1.165, 1.54) is 5.57 Å². The molecule has 0 fully saturated rings. The van der Waals surface area contributed by atoms with Crippen molar-refractivity contribution in [2.45, 2.75) is 26.8 Å². The largest absolute Gasteiger partial charge is 0.489 e. The molecule has 0 aliphatic carbocycles. The van der Waals surface area contributed by atoms with Crippen molar-refractivity contribution in [3.63, 3.8) is 0 Å². The van der Waals surface area contributed by atoms with Crippen LogP contribution in [0, 0.1) is 0 Å². The molecule has 0 aliphatic rings. The van der Waals surface area contributed by atoms with Gasteiger partial charge >= 0.3 is 0 Å². The molecule has 0 aromatic heterocycles. The molecule has 1 aromatic carbocycles. The first kappa shape index (κ1) is 13.3. The number of hydrogen-bond acceptors (Lipinski definition) is 2. The molecule has 0 spiro atoms. The van der Waals surface area contributed by atoms with E-state index in [9.17, 15) is 0 Å². The average Bonchev–Trinajstić information content (AvgIpc) is 2.19. The Hall–Kier alpha value is -0.800. The van der Waals surface area contributed by atoms with Gasteiger partial charge in [-0.25, -0.2) is 0 Å². The zero-order valence-electron chi connectivity index (χ0n) is 9.96. The quantitative estimate of drug-likeness (QED) is 0.853. The molecule has 88 valence electrons. The molecule has 0 amide bonds. The fourth-order valence-corrected chi connectivity index (χ4v) is 1.68. The Bertz CT molecular complexity index is 382. The van der Waals surface area contributed by atoms with Crippen molar-refractivity contribution in [1.29, 1.82) is 0 Å². The molecular weight excluding hydrogens is 266 g/mol. The highest BCUT2D eigenvalue weighted by Gasteiger charge is 2.08. The highest BCUT2D eigenvalue weighted by Crippen LogP contribution is 2.27. The summed E-state index contributed by atoms with van der Waals surface area (Å²) in [5.41, 5.74) is 8.17. The fraction of sp³-hybridized carbons (Fsp3) is 0.385. The minimum atomic E-state index is -0.0285. The Balaban J connectivity index is 2.82. The van der Waals surface area contributed by atoms with Crippen molar-refractivity contribution in [1.82, 2.24) is 0 Å². The summed E-state index contributed by atoms with van der Waals surface area (Å²) in [5, 5.41) is 0. The van der Waals surface area contributed by atoms with E-state index in [4.69, 9.17) is 10.5 Å². The van der Waals surface area contributed by atoms with Crippen LogP contribution in [0.25, 0.3) is 0 Å². The zero-order chi connectivity index (χ0) is 12.1. The molecule has 0 bridgehead atoms. The maximum Gasteiger partial charge on any atom is 0.124 e. The number of ether oxygens (including phenoxy) is 1. The Morgan fingerprint density at radius 3 is 2.75 bits per heavy atom. The number of rotatable bonds is 4. The standard InChI is InChI=1S/C13H18BrNO/c1-9(2)6-7-16-13-5-4-11(14)8-12(13)10(3)15/h4-6,8,10H,7,15H2,1-3H3. The van der Waals surface area contributed by atoms with Gasteiger partial charge in [0.25, 0.3) is 0 Å². The lowest BCUT2D eigenvalue weighted by molar-refractivity contribution is 0.356. The Kier molecular flexibility index (Phi) is 5.03. The molecule has 0 aliphatic heterocycles. The van der Waals surface area contributed by atoms with Gasteiger partial charge in [-0.15, -0.1) is 0 Å². The average molecular weight is 284 g/mol. The summed E-state index contributed by atoms with van der Waals surface area (Å²) < 4.78 is 6.71. The smallest absolute Gasteiger partial charge is 0.124 e. The van der Waals surface area contributed by atoms with E-state index in [-0.39, 0.29) is 6.04 Å². The Morgan fingerprint density at radius 1 is 1.50 bits per heavy atom. The molecule has 0 heterocycles. The molecule has 0 radical (unpaired) electrons. The first-order valence-corrected chi connectivity index (χ1v) is 6.11. The van der Waals surface area contributed by atoms with Gasteiger partial charge in [-0.1, -0.05) is 21.5 Å². The van der Waals surface area contributed by atoms with E-state index in [1.807, 2.05) is 31.2 Å². The van der Waals surface area contributed by atoms with Crippen molar-refractivity contribution in [3.8, 4) is 5.75 Å². The van der Waals surface area contributed by atoms with Gasteiger partial charge in [-0.2, -0.15) is 0 Å². The lowest BCUT2D eigenvalue weighted by Crippen LogP contribution is -2.08. The maximum absolute atomic E-state index is 5.90. The third-order valence-electron chi connectivity index (χ3n) is 2.19. The van der Waals surface area contributed by atoms with Gasteiger partial charge in [0.2, 0.25) is 0 Å². The summed E-state index contributed by atoms with van der Waals surface area (Å²) in [5.74, 6) is 0.857. The van der Waals surface area contributed by atoms with Crippen LogP contribution >= 0.6 is 15.9 Å². The van der Waals surface area contributed by atoms with Crippen LogP contribution in [-0.2, 0) is 0 Å². The fourth-order valence-electron chi connectivity index (χ4n) is 1.30. The zero-order valence-corrected chi connectivity index (χ0v) is 11.5. The SMILES string of the molecule is CC(C)=CCOc1ccc(Br)cc1C(C)N. The van der Waals surface area contributed by atoms with Crippen LogP contribution in [0.3, 0.4) is 0 Å². The minimum Gasteiger partial charge on any atom is -0.489 e. The van der Waals surface area contributed by atoms with Gasteiger partial charge < -0.3 is 10.5 Å². The van der Waals surface area contributed by atoms with Gasteiger partial charge in [-0.05, 0) is 45.0 Å². The highest BCUT2D eigenvalue weighted by molar-refractivity contribution is 9.10. The number of allylic oxidation sites excluding steroid dienone is 1. The molecule has 2 N–H and O–H groups in total. The van der Waals surface area contributed by atoms with Crippen molar-refractivity contribution in [3.05, 3.63) is 39.9 Å². The van der Waals surface area contributed by atoms with E-state index < -0.39 is 0 Å². The first-order valence-electron chi connectivity index (χ1n) is 5.32. The van der Waals surface area contributed by atoms with Crippen LogP contribution in [0.4, 0.5) is 0 Å². The molecule has 0 saturated heterocycles. The van der Waals surface area contributed by atoms with E-state index in [1.54, 1.807) is 0 Å². The van der Waals surface area contributed by atoms with Crippen molar-refractivity contribution in [2.24, 2.45) is 5.73 Å². The van der Waals surface area contributed by atoms with Gasteiger partial charge in [0, 0.05) is 16.1 Å². The normalized spacial score (nSPS) is 12.1. The molecule has 3 heteroatoms. The summed E-state index contributed by atoms with van der Waals surface area (Å²) in [4.78, 5) is 0. The minimum absolute atomic E-state index is 0.0285. The topological polar surface area (TPSA) is 35.2 Å². The number of hydrogen-bond donors (Lipinski definition) is 1. The molecule has 1 aromatic rings. The monoisotopic (exact) mass is 283 g/mol. The summed E-state index contributed by atoms with van der Waals surface area (Å²) in [6.07, 6.45) is 2.05. The van der Waals surface area contributed by atoms with Gasteiger partial charge in [0.05, 0.1) is 0 Å². The second kappa shape index (κ2) is 6.06. The predicted molar refractivity (Wildman–Crippen MR) is 71.7 cm³/mol. The molecule has 16 heavy (non-hydrogen) atoms. The summed E-state index contributed by atoms with van der Waals surface area (Å²) >= 11 is 3.43. The third kappa shape index (κ3) is 3.99. The maximum atomic E-state index is 5.90. The molecule has 0 saturated carbocycles. The van der Waals surface area contributed by atoms with E-state index in [2.05, 4.69) is 29.8 Å². The van der Waals surface area contributed by atoms with Gasteiger partial charge in [0.15, 0.2) is 0 Å².